The molecule has 0 bridgehead atoms. The summed E-state index contributed by atoms with van der Waals surface area (Å²) >= 11 is 3.19. The average molecular weight is 256 g/mol. The molecule has 0 unspecified atom stereocenters. The lowest BCUT2D eigenvalue weighted by molar-refractivity contribution is 0.596. The van der Waals surface area contributed by atoms with Crippen LogP contribution in [0, 0.1) is 0 Å². The summed E-state index contributed by atoms with van der Waals surface area (Å²) in [5.41, 5.74) is 0. The molecule has 0 rings (SSSR count). The third kappa shape index (κ3) is 10.1. The highest BCUT2D eigenvalue weighted by molar-refractivity contribution is 9.11. The van der Waals surface area contributed by atoms with E-state index in [1.54, 1.807) is 0 Å². The molecule has 0 fully saturated rings. The van der Waals surface area contributed by atoms with Crippen LogP contribution in [0.25, 0.3) is 0 Å². The van der Waals surface area contributed by atoms with Gasteiger partial charge in [-0.1, -0.05) is 22.5 Å². The van der Waals surface area contributed by atoms with Crippen LogP contribution in [0.1, 0.15) is 6.42 Å². The van der Waals surface area contributed by atoms with Gasteiger partial charge in [0.05, 0.1) is 5.75 Å². The Hall–Kier alpha value is 0.130. The molecule has 0 aliphatic heterocycles. The smallest absolute Gasteiger partial charge is 0.147 e. The maximum Gasteiger partial charge on any atom is 0.147 e. The van der Waals surface area contributed by atoms with E-state index in [-0.39, 0.29) is 5.75 Å². The molecule has 0 radical (unpaired) electrons. The minimum absolute atomic E-state index is 0.245. The first-order valence-electron chi connectivity index (χ1n) is 3.63. The van der Waals surface area contributed by atoms with Crippen LogP contribution >= 0.6 is 15.9 Å². The van der Waals surface area contributed by atoms with Crippen LogP contribution in [-0.2, 0) is 9.84 Å². The lowest BCUT2D eigenvalue weighted by atomic mass is 10.5. The summed E-state index contributed by atoms with van der Waals surface area (Å²) in [6.07, 6.45) is 1.90. The van der Waals surface area contributed by atoms with Crippen molar-refractivity contribution in [3.05, 3.63) is 11.1 Å². The fourth-order valence-corrected chi connectivity index (χ4v) is 1.55. The van der Waals surface area contributed by atoms with Crippen molar-refractivity contribution in [1.82, 2.24) is 5.32 Å². The molecule has 0 atom stereocenters. The maximum atomic E-state index is 10.7. The molecule has 0 amide bonds. The molecule has 5 heteroatoms. The second kappa shape index (κ2) is 5.72. The van der Waals surface area contributed by atoms with Crippen LogP contribution < -0.4 is 5.32 Å². The topological polar surface area (TPSA) is 46.2 Å². The van der Waals surface area contributed by atoms with Crippen LogP contribution in [0.3, 0.4) is 0 Å². The Bertz CT molecular complexity index is 236. The Balaban J connectivity index is 3.29. The van der Waals surface area contributed by atoms with Crippen molar-refractivity contribution in [2.45, 2.75) is 6.42 Å². The first-order chi connectivity index (χ1) is 5.42. The van der Waals surface area contributed by atoms with Crippen molar-refractivity contribution >= 4 is 25.8 Å². The molecule has 0 heterocycles. The van der Waals surface area contributed by atoms with Gasteiger partial charge in [0.15, 0.2) is 0 Å². The predicted molar refractivity (Wildman–Crippen MR) is 55.3 cm³/mol. The molecule has 0 saturated carbocycles. The predicted octanol–water partition coefficient (Wildman–Crippen LogP) is 0.919. The van der Waals surface area contributed by atoms with Gasteiger partial charge in [0.2, 0.25) is 0 Å². The van der Waals surface area contributed by atoms with E-state index in [2.05, 4.69) is 27.8 Å². The van der Waals surface area contributed by atoms with Crippen LogP contribution in [0.15, 0.2) is 11.1 Å². The summed E-state index contributed by atoms with van der Waals surface area (Å²) in [6.45, 7) is 5.03. The second-order valence-corrected chi connectivity index (χ2v) is 6.06. The molecule has 0 aromatic heterocycles. The number of nitrogens with one attached hydrogen (secondary N) is 1. The quantitative estimate of drug-likeness (QED) is 0.719. The van der Waals surface area contributed by atoms with Crippen molar-refractivity contribution in [1.29, 1.82) is 0 Å². The first-order valence-corrected chi connectivity index (χ1v) is 6.49. The average Bonchev–Trinajstić information content (AvgIpc) is 1.83. The van der Waals surface area contributed by atoms with E-state index in [1.165, 1.54) is 6.26 Å². The summed E-state index contributed by atoms with van der Waals surface area (Å²) in [4.78, 5) is 0. The van der Waals surface area contributed by atoms with Crippen molar-refractivity contribution < 1.29 is 8.42 Å². The van der Waals surface area contributed by atoms with Crippen molar-refractivity contribution in [3.63, 3.8) is 0 Å². The fourth-order valence-electron chi connectivity index (χ4n) is 0.683. The SMILES string of the molecule is C=C(Br)CNCCCS(C)(=O)=O. The van der Waals surface area contributed by atoms with Gasteiger partial charge in [0.25, 0.3) is 0 Å². The van der Waals surface area contributed by atoms with Crippen molar-refractivity contribution in [3.8, 4) is 0 Å². The fraction of sp³-hybridized carbons (Fsp3) is 0.714. The summed E-state index contributed by atoms with van der Waals surface area (Å²) in [5, 5.41) is 3.05. The van der Waals surface area contributed by atoms with Gasteiger partial charge in [-0.3, -0.25) is 0 Å². The number of sulfone groups is 1. The Labute approximate surface area is 82.3 Å². The van der Waals surface area contributed by atoms with Crippen LogP contribution in [-0.4, -0.2) is 33.5 Å². The zero-order valence-electron chi connectivity index (χ0n) is 7.14. The maximum absolute atomic E-state index is 10.7. The van der Waals surface area contributed by atoms with Crippen LogP contribution in [0.4, 0.5) is 0 Å². The molecule has 12 heavy (non-hydrogen) atoms. The van der Waals surface area contributed by atoms with E-state index in [4.69, 9.17) is 0 Å². The van der Waals surface area contributed by atoms with Crippen molar-refractivity contribution in [2.24, 2.45) is 0 Å². The third-order valence-electron chi connectivity index (χ3n) is 1.19. The Morgan fingerprint density at radius 1 is 1.58 bits per heavy atom. The van der Waals surface area contributed by atoms with Gasteiger partial charge < -0.3 is 5.32 Å². The van der Waals surface area contributed by atoms with Crippen LogP contribution in [0.2, 0.25) is 0 Å². The molecule has 0 aromatic carbocycles. The third-order valence-corrected chi connectivity index (χ3v) is 2.50. The monoisotopic (exact) mass is 255 g/mol. The van der Waals surface area contributed by atoms with Gasteiger partial charge in [-0.05, 0) is 13.0 Å². The highest BCUT2D eigenvalue weighted by atomic mass is 79.9. The normalized spacial score (nSPS) is 11.5. The number of hydrogen-bond acceptors (Lipinski definition) is 3. The van der Waals surface area contributed by atoms with E-state index >= 15 is 0 Å². The first kappa shape index (κ1) is 12.1. The Morgan fingerprint density at radius 3 is 2.58 bits per heavy atom. The molecule has 0 aromatic rings. The number of hydrogen-bond donors (Lipinski definition) is 1. The Kier molecular flexibility index (Phi) is 5.78. The van der Waals surface area contributed by atoms with E-state index in [9.17, 15) is 8.42 Å². The van der Waals surface area contributed by atoms with Gasteiger partial charge in [-0.2, -0.15) is 0 Å². The zero-order chi connectivity index (χ0) is 9.61. The van der Waals surface area contributed by atoms with E-state index in [1.807, 2.05) is 0 Å². The zero-order valence-corrected chi connectivity index (χ0v) is 9.54. The molecule has 1 N–H and O–H groups in total. The molecule has 72 valence electrons. The Morgan fingerprint density at radius 2 is 2.17 bits per heavy atom. The minimum Gasteiger partial charge on any atom is -0.312 e. The highest BCUT2D eigenvalue weighted by Gasteiger charge is 2.00. The van der Waals surface area contributed by atoms with E-state index < -0.39 is 9.84 Å². The van der Waals surface area contributed by atoms with Crippen LogP contribution in [0.5, 0.6) is 0 Å². The molecule has 0 aliphatic carbocycles. The molecular weight excluding hydrogens is 242 g/mol. The summed E-state index contributed by atoms with van der Waals surface area (Å²) in [6, 6.07) is 0. The molecular formula is C7H14BrNO2S. The van der Waals surface area contributed by atoms with Gasteiger partial charge in [-0.25, -0.2) is 8.42 Å². The summed E-state index contributed by atoms with van der Waals surface area (Å²) < 4.78 is 22.2. The van der Waals surface area contributed by atoms with Gasteiger partial charge in [0, 0.05) is 17.3 Å². The highest BCUT2D eigenvalue weighted by Crippen LogP contribution is 1.96. The molecule has 3 nitrogen and oxygen atoms in total. The lowest BCUT2D eigenvalue weighted by Crippen LogP contribution is -2.19. The largest absolute Gasteiger partial charge is 0.312 e. The summed E-state index contributed by atoms with van der Waals surface area (Å²) in [7, 11) is -2.80. The molecule has 0 aliphatic rings. The second-order valence-electron chi connectivity index (χ2n) is 2.68. The molecule has 0 saturated heterocycles. The lowest BCUT2D eigenvalue weighted by Gasteiger charge is -2.01. The van der Waals surface area contributed by atoms with Crippen molar-refractivity contribution in [2.75, 3.05) is 25.1 Å². The standard InChI is InChI=1S/C7H14BrNO2S/c1-7(8)6-9-4-3-5-12(2,10)11/h9H,1,3-6H2,2H3. The van der Waals surface area contributed by atoms with Gasteiger partial charge >= 0.3 is 0 Å². The van der Waals surface area contributed by atoms with E-state index in [0.29, 0.717) is 19.5 Å². The minimum atomic E-state index is -2.80. The molecule has 0 spiro atoms. The van der Waals surface area contributed by atoms with E-state index in [0.717, 1.165) is 4.48 Å². The number of halogens is 1. The van der Waals surface area contributed by atoms with Gasteiger partial charge in [-0.15, -0.1) is 0 Å². The van der Waals surface area contributed by atoms with Gasteiger partial charge in [0.1, 0.15) is 9.84 Å². The number of rotatable bonds is 6. The summed E-state index contributed by atoms with van der Waals surface area (Å²) in [5.74, 6) is 0.245.